The molecule has 0 saturated carbocycles. The number of hydrogen-bond donors (Lipinski definition) is 1. The van der Waals surface area contributed by atoms with Crippen LogP contribution in [-0.2, 0) is 17.8 Å². The Morgan fingerprint density at radius 1 is 1.19 bits per heavy atom. The number of halogens is 2. The molecule has 0 atom stereocenters. The number of anilines is 1. The van der Waals surface area contributed by atoms with Crippen LogP contribution in [0.15, 0.2) is 50.3 Å². The Kier molecular flexibility index (Phi) is 6.02. The van der Waals surface area contributed by atoms with Crippen LogP contribution in [0, 0.1) is 0 Å². The Hall–Kier alpha value is -1.11. The highest BCUT2D eigenvalue weighted by molar-refractivity contribution is 9.13. The molecule has 1 N–H and O–H groups in total. The predicted octanol–water partition coefficient (Wildman–Crippen LogP) is 3.63. The number of benzene rings is 1. The van der Waals surface area contributed by atoms with E-state index in [1.807, 2.05) is 18.3 Å². The number of nitrogens with one attached hydrogen (secondary N) is 1. The molecule has 1 aromatic carbocycles. The number of nitrogens with zero attached hydrogens (tertiary/aromatic N) is 1. The quantitative estimate of drug-likeness (QED) is 0.783. The fourth-order valence-corrected chi connectivity index (χ4v) is 2.53. The SMILES string of the molecule is COCCn1cc(NCc2ccc(Br)c(Br)c2)ccc1=O. The maximum Gasteiger partial charge on any atom is 0.250 e. The van der Waals surface area contributed by atoms with E-state index in [0.29, 0.717) is 19.7 Å². The summed E-state index contributed by atoms with van der Waals surface area (Å²) in [6, 6.07) is 9.45. The largest absolute Gasteiger partial charge is 0.383 e. The summed E-state index contributed by atoms with van der Waals surface area (Å²) in [7, 11) is 1.62. The monoisotopic (exact) mass is 414 g/mol. The summed E-state index contributed by atoms with van der Waals surface area (Å²) in [6.45, 7) is 1.76. The molecule has 21 heavy (non-hydrogen) atoms. The van der Waals surface area contributed by atoms with Crippen molar-refractivity contribution in [2.45, 2.75) is 13.1 Å². The van der Waals surface area contributed by atoms with Gasteiger partial charge in [0.15, 0.2) is 0 Å². The smallest absolute Gasteiger partial charge is 0.250 e. The van der Waals surface area contributed by atoms with Crippen LogP contribution in [0.3, 0.4) is 0 Å². The maximum absolute atomic E-state index is 11.7. The summed E-state index contributed by atoms with van der Waals surface area (Å²) in [5.41, 5.74) is 2.04. The molecule has 1 aromatic heterocycles. The van der Waals surface area contributed by atoms with Crippen LogP contribution in [0.2, 0.25) is 0 Å². The van der Waals surface area contributed by atoms with E-state index >= 15 is 0 Å². The number of ether oxygens (including phenoxy) is 1. The maximum atomic E-state index is 11.7. The van der Waals surface area contributed by atoms with Gasteiger partial charge in [0.25, 0.3) is 5.56 Å². The van der Waals surface area contributed by atoms with Crippen molar-refractivity contribution in [3.8, 4) is 0 Å². The topological polar surface area (TPSA) is 43.3 Å². The molecule has 0 unspecified atom stereocenters. The Labute approximate surface area is 140 Å². The summed E-state index contributed by atoms with van der Waals surface area (Å²) in [5.74, 6) is 0. The first-order chi connectivity index (χ1) is 10.1. The van der Waals surface area contributed by atoms with E-state index in [-0.39, 0.29) is 5.56 Å². The predicted molar refractivity (Wildman–Crippen MR) is 91.7 cm³/mol. The third kappa shape index (κ3) is 4.69. The zero-order valence-corrected chi connectivity index (χ0v) is 14.8. The van der Waals surface area contributed by atoms with E-state index in [2.05, 4.69) is 43.2 Å². The van der Waals surface area contributed by atoms with Crippen molar-refractivity contribution in [1.82, 2.24) is 4.57 Å². The van der Waals surface area contributed by atoms with Gasteiger partial charge in [-0.2, -0.15) is 0 Å². The molecule has 0 spiro atoms. The molecule has 0 fully saturated rings. The lowest BCUT2D eigenvalue weighted by molar-refractivity contribution is 0.186. The number of pyridine rings is 1. The molecule has 0 aliphatic rings. The van der Waals surface area contributed by atoms with Crippen molar-refractivity contribution in [2.75, 3.05) is 19.0 Å². The summed E-state index contributed by atoms with van der Waals surface area (Å²) in [6.07, 6.45) is 1.81. The standard InChI is InChI=1S/C15H16Br2N2O2/c1-21-7-6-19-10-12(3-5-15(19)20)18-9-11-2-4-13(16)14(17)8-11/h2-5,8,10,18H,6-7,9H2,1H3. The first kappa shape index (κ1) is 16.3. The van der Waals surface area contributed by atoms with Gasteiger partial charge in [-0.3, -0.25) is 4.79 Å². The molecule has 2 rings (SSSR count). The first-order valence-electron chi connectivity index (χ1n) is 6.47. The number of hydrogen-bond acceptors (Lipinski definition) is 3. The Morgan fingerprint density at radius 2 is 2.00 bits per heavy atom. The first-order valence-corrected chi connectivity index (χ1v) is 8.06. The van der Waals surface area contributed by atoms with Crippen molar-refractivity contribution < 1.29 is 4.74 Å². The molecule has 6 heteroatoms. The Bertz CT molecular complexity index is 671. The lowest BCUT2D eigenvalue weighted by Gasteiger charge is -2.10. The normalized spacial score (nSPS) is 10.6. The van der Waals surface area contributed by atoms with Gasteiger partial charge in [-0.25, -0.2) is 0 Å². The van der Waals surface area contributed by atoms with Gasteiger partial charge in [0, 0.05) is 41.4 Å². The molecule has 0 aliphatic carbocycles. The molecule has 2 aromatic rings. The van der Waals surface area contributed by atoms with Crippen LogP contribution in [0.25, 0.3) is 0 Å². The van der Waals surface area contributed by atoms with E-state index < -0.39 is 0 Å². The van der Waals surface area contributed by atoms with Crippen molar-refractivity contribution in [1.29, 1.82) is 0 Å². The van der Waals surface area contributed by atoms with Crippen molar-refractivity contribution in [2.24, 2.45) is 0 Å². The van der Waals surface area contributed by atoms with Crippen LogP contribution in [0.4, 0.5) is 5.69 Å². The van der Waals surface area contributed by atoms with Gasteiger partial charge >= 0.3 is 0 Å². The van der Waals surface area contributed by atoms with Crippen LogP contribution in [0.5, 0.6) is 0 Å². The van der Waals surface area contributed by atoms with Crippen molar-refractivity contribution in [3.63, 3.8) is 0 Å². The minimum absolute atomic E-state index is 0.0241. The van der Waals surface area contributed by atoms with Gasteiger partial charge in [0.2, 0.25) is 0 Å². The minimum atomic E-state index is -0.0241. The zero-order valence-electron chi connectivity index (χ0n) is 11.6. The fourth-order valence-electron chi connectivity index (χ4n) is 1.85. The highest BCUT2D eigenvalue weighted by atomic mass is 79.9. The third-order valence-electron chi connectivity index (χ3n) is 3.00. The van der Waals surface area contributed by atoms with E-state index in [1.165, 1.54) is 0 Å². The highest BCUT2D eigenvalue weighted by Gasteiger charge is 2.01. The Morgan fingerprint density at radius 3 is 2.71 bits per heavy atom. The second-order valence-electron chi connectivity index (χ2n) is 4.54. The molecule has 0 amide bonds. The van der Waals surface area contributed by atoms with E-state index in [9.17, 15) is 4.79 Å². The molecule has 112 valence electrons. The van der Waals surface area contributed by atoms with E-state index in [0.717, 1.165) is 20.2 Å². The van der Waals surface area contributed by atoms with Crippen molar-refractivity contribution in [3.05, 3.63) is 61.4 Å². The van der Waals surface area contributed by atoms with Crippen LogP contribution < -0.4 is 10.9 Å². The van der Waals surface area contributed by atoms with E-state index in [4.69, 9.17) is 4.74 Å². The van der Waals surface area contributed by atoms with Gasteiger partial charge in [-0.1, -0.05) is 6.07 Å². The minimum Gasteiger partial charge on any atom is -0.383 e. The molecule has 0 aliphatic heterocycles. The fraction of sp³-hybridized carbons (Fsp3) is 0.267. The van der Waals surface area contributed by atoms with Gasteiger partial charge < -0.3 is 14.6 Å². The van der Waals surface area contributed by atoms with Crippen LogP contribution in [0.1, 0.15) is 5.56 Å². The van der Waals surface area contributed by atoms with Crippen molar-refractivity contribution >= 4 is 37.5 Å². The van der Waals surface area contributed by atoms with Gasteiger partial charge in [-0.15, -0.1) is 0 Å². The average molecular weight is 416 g/mol. The summed E-state index contributed by atoms with van der Waals surface area (Å²) >= 11 is 6.94. The number of methoxy groups -OCH3 is 1. The molecular formula is C15H16Br2N2O2. The number of aromatic nitrogens is 1. The average Bonchev–Trinajstić information content (AvgIpc) is 2.48. The molecule has 1 heterocycles. The third-order valence-corrected chi connectivity index (χ3v) is 4.88. The van der Waals surface area contributed by atoms with Gasteiger partial charge in [-0.05, 0) is 55.6 Å². The highest BCUT2D eigenvalue weighted by Crippen LogP contribution is 2.24. The zero-order chi connectivity index (χ0) is 15.2. The molecule has 0 bridgehead atoms. The Balaban J connectivity index is 2.05. The lowest BCUT2D eigenvalue weighted by Crippen LogP contribution is -2.21. The summed E-state index contributed by atoms with van der Waals surface area (Å²) < 4.78 is 8.69. The van der Waals surface area contributed by atoms with Crippen LogP contribution in [-0.4, -0.2) is 18.3 Å². The second-order valence-corrected chi connectivity index (χ2v) is 6.25. The number of rotatable bonds is 6. The molecular weight excluding hydrogens is 400 g/mol. The lowest BCUT2D eigenvalue weighted by atomic mass is 10.2. The second kappa shape index (κ2) is 7.77. The molecule has 0 radical (unpaired) electrons. The van der Waals surface area contributed by atoms with E-state index in [1.54, 1.807) is 23.8 Å². The van der Waals surface area contributed by atoms with Gasteiger partial charge in [0.05, 0.1) is 12.3 Å². The van der Waals surface area contributed by atoms with Crippen LogP contribution >= 0.6 is 31.9 Å². The molecule has 4 nitrogen and oxygen atoms in total. The van der Waals surface area contributed by atoms with Gasteiger partial charge in [0.1, 0.15) is 0 Å². The molecule has 0 saturated heterocycles. The summed E-state index contributed by atoms with van der Waals surface area (Å²) in [5, 5.41) is 3.31. The summed E-state index contributed by atoms with van der Waals surface area (Å²) in [4.78, 5) is 11.7.